The van der Waals surface area contributed by atoms with Gasteiger partial charge in [0, 0.05) is 19.3 Å². The van der Waals surface area contributed by atoms with Crippen LogP contribution in [-0.2, 0) is 28.6 Å². The molecule has 0 N–H and O–H groups in total. The van der Waals surface area contributed by atoms with E-state index in [4.69, 9.17) is 14.2 Å². The van der Waals surface area contributed by atoms with Gasteiger partial charge in [0.05, 0.1) is 0 Å². The Morgan fingerprint density at radius 1 is 0.328 bits per heavy atom. The molecule has 1 unspecified atom stereocenters. The number of hydrogen-bond acceptors (Lipinski definition) is 6. The van der Waals surface area contributed by atoms with Gasteiger partial charge in [-0.25, -0.2) is 0 Å². The van der Waals surface area contributed by atoms with E-state index in [0.29, 0.717) is 19.3 Å². The Bertz CT molecular complexity index is 980. The smallest absolute Gasteiger partial charge is 0.306 e. The second kappa shape index (κ2) is 50.8. The molecule has 0 saturated carbocycles. The fourth-order valence-corrected chi connectivity index (χ4v) is 8.84. The van der Waals surface area contributed by atoms with Gasteiger partial charge < -0.3 is 14.2 Å². The molecule has 0 fully saturated rings. The minimum atomic E-state index is -0.763. The van der Waals surface area contributed by atoms with Gasteiger partial charge in [0.15, 0.2) is 6.10 Å². The van der Waals surface area contributed by atoms with Gasteiger partial charge in [0.2, 0.25) is 0 Å². The van der Waals surface area contributed by atoms with E-state index < -0.39 is 6.10 Å². The van der Waals surface area contributed by atoms with Crippen LogP contribution >= 0.6 is 0 Å². The molecule has 0 aromatic rings. The third-order valence-electron chi connectivity index (χ3n) is 13.6. The van der Waals surface area contributed by atoms with Crippen molar-refractivity contribution in [3.8, 4) is 0 Å². The molecule has 380 valence electrons. The molecule has 2 atom stereocenters. The predicted octanol–water partition coefficient (Wildman–Crippen LogP) is 18.9. The van der Waals surface area contributed by atoms with Crippen molar-refractivity contribution in [1.29, 1.82) is 0 Å². The summed E-state index contributed by atoms with van der Waals surface area (Å²) in [5, 5.41) is 0. The number of rotatable bonds is 52. The van der Waals surface area contributed by atoms with E-state index in [9.17, 15) is 14.4 Å². The Labute approximate surface area is 399 Å². The van der Waals surface area contributed by atoms with E-state index in [2.05, 4.69) is 34.6 Å². The maximum absolute atomic E-state index is 12.8. The summed E-state index contributed by atoms with van der Waals surface area (Å²) in [6.07, 6.45) is 53.9. The zero-order valence-corrected chi connectivity index (χ0v) is 43.9. The van der Waals surface area contributed by atoms with Gasteiger partial charge in [-0.2, -0.15) is 0 Å². The number of esters is 3. The lowest BCUT2D eigenvalue weighted by Gasteiger charge is -2.18. The molecule has 0 aliphatic carbocycles. The molecule has 0 bridgehead atoms. The first-order valence-corrected chi connectivity index (χ1v) is 28.8. The highest BCUT2D eigenvalue weighted by atomic mass is 16.6. The van der Waals surface area contributed by atoms with E-state index in [1.165, 1.54) is 212 Å². The van der Waals surface area contributed by atoms with E-state index in [1.807, 2.05) is 0 Å². The summed E-state index contributed by atoms with van der Waals surface area (Å²) >= 11 is 0. The summed E-state index contributed by atoms with van der Waals surface area (Å²) in [6.45, 7) is 11.4. The van der Waals surface area contributed by atoms with Gasteiger partial charge in [0.1, 0.15) is 13.2 Å². The van der Waals surface area contributed by atoms with Crippen LogP contribution in [0.4, 0.5) is 0 Å². The molecule has 0 radical (unpaired) electrons. The Balaban J connectivity index is 4.25. The fourth-order valence-electron chi connectivity index (χ4n) is 8.84. The lowest BCUT2D eigenvalue weighted by Crippen LogP contribution is -2.30. The van der Waals surface area contributed by atoms with Crippen molar-refractivity contribution < 1.29 is 28.6 Å². The summed E-state index contributed by atoms with van der Waals surface area (Å²) in [7, 11) is 0. The van der Waals surface area contributed by atoms with Crippen LogP contribution < -0.4 is 0 Å². The number of unbranched alkanes of at least 4 members (excludes halogenated alkanes) is 36. The summed E-state index contributed by atoms with van der Waals surface area (Å²) in [5.41, 5.74) is 0. The monoisotopic (exact) mass is 905 g/mol. The Morgan fingerprint density at radius 3 is 0.891 bits per heavy atom. The summed E-state index contributed by atoms with van der Waals surface area (Å²) in [5.74, 6) is 0.819. The molecule has 6 heteroatoms. The van der Waals surface area contributed by atoms with E-state index in [1.54, 1.807) is 0 Å². The molecule has 0 amide bonds. The van der Waals surface area contributed by atoms with Crippen LogP contribution in [0.25, 0.3) is 0 Å². The van der Waals surface area contributed by atoms with E-state index in [-0.39, 0.29) is 31.1 Å². The highest BCUT2D eigenvalue weighted by Gasteiger charge is 2.19. The van der Waals surface area contributed by atoms with Gasteiger partial charge in [-0.1, -0.05) is 285 Å². The zero-order chi connectivity index (χ0) is 46.8. The summed E-state index contributed by atoms with van der Waals surface area (Å²) < 4.78 is 16.9. The van der Waals surface area contributed by atoms with Crippen molar-refractivity contribution in [3.05, 3.63) is 0 Å². The molecule has 0 aromatic carbocycles. The number of ether oxygens (including phenoxy) is 3. The van der Waals surface area contributed by atoms with Gasteiger partial charge in [-0.05, 0) is 31.1 Å². The minimum Gasteiger partial charge on any atom is -0.462 e. The van der Waals surface area contributed by atoms with Crippen LogP contribution in [-0.4, -0.2) is 37.2 Å². The molecular weight excluding hydrogens is 793 g/mol. The number of carbonyl (C=O) groups is 3. The SMILES string of the molecule is CCCCCCCCCCCCCCCCCCCCC(=O)O[C@H](COC(=O)CCCCCCCCCCCCCCCCCC(C)C)COC(=O)CCCCCCCCC(C)CC. The molecular formula is C58H112O6. The molecule has 0 aliphatic heterocycles. The standard InChI is InChI=1S/C58H112O6/c1-6-8-9-10-11-12-13-14-15-16-17-20-24-27-30-33-40-45-50-58(61)64-55(52-63-57(60)49-44-39-35-34-37-42-47-54(5)7-2)51-62-56(59)48-43-38-32-29-26-23-21-18-19-22-25-28-31-36-41-46-53(3)4/h53-55H,6-52H2,1-5H3/t54?,55-/m1/s1. The first-order valence-electron chi connectivity index (χ1n) is 28.8. The van der Waals surface area contributed by atoms with E-state index in [0.717, 1.165) is 69.6 Å². The predicted molar refractivity (Wildman–Crippen MR) is 275 cm³/mol. The highest BCUT2D eigenvalue weighted by molar-refractivity contribution is 5.71. The van der Waals surface area contributed by atoms with Crippen LogP contribution in [0.15, 0.2) is 0 Å². The third-order valence-corrected chi connectivity index (χ3v) is 13.6. The fraction of sp³-hybridized carbons (Fsp3) is 0.948. The largest absolute Gasteiger partial charge is 0.462 e. The average molecular weight is 906 g/mol. The van der Waals surface area contributed by atoms with Crippen LogP contribution in [0, 0.1) is 11.8 Å². The molecule has 0 saturated heterocycles. The number of carbonyl (C=O) groups excluding carboxylic acids is 3. The van der Waals surface area contributed by atoms with Gasteiger partial charge in [-0.3, -0.25) is 14.4 Å². The molecule has 0 spiro atoms. The van der Waals surface area contributed by atoms with Gasteiger partial charge >= 0.3 is 17.9 Å². The van der Waals surface area contributed by atoms with Gasteiger partial charge in [-0.15, -0.1) is 0 Å². The maximum Gasteiger partial charge on any atom is 0.306 e. The normalized spacial score (nSPS) is 12.5. The van der Waals surface area contributed by atoms with E-state index >= 15 is 0 Å². The minimum absolute atomic E-state index is 0.0636. The van der Waals surface area contributed by atoms with Crippen molar-refractivity contribution in [2.24, 2.45) is 11.8 Å². The van der Waals surface area contributed by atoms with Crippen molar-refractivity contribution in [2.75, 3.05) is 13.2 Å². The van der Waals surface area contributed by atoms with Crippen LogP contribution in [0.2, 0.25) is 0 Å². The van der Waals surface area contributed by atoms with Crippen molar-refractivity contribution >= 4 is 17.9 Å². The molecule has 6 nitrogen and oxygen atoms in total. The highest BCUT2D eigenvalue weighted by Crippen LogP contribution is 2.18. The lowest BCUT2D eigenvalue weighted by molar-refractivity contribution is -0.167. The Kier molecular flexibility index (Phi) is 49.6. The first-order chi connectivity index (χ1) is 31.3. The van der Waals surface area contributed by atoms with Crippen molar-refractivity contribution in [1.82, 2.24) is 0 Å². The lowest BCUT2D eigenvalue weighted by atomic mass is 10.00. The van der Waals surface area contributed by atoms with Gasteiger partial charge in [0.25, 0.3) is 0 Å². The topological polar surface area (TPSA) is 78.9 Å². The molecule has 0 rings (SSSR count). The third kappa shape index (κ3) is 49.8. The van der Waals surface area contributed by atoms with Crippen LogP contribution in [0.1, 0.15) is 324 Å². The molecule has 0 heterocycles. The first kappa shape index (κ1) is 62.4. The Morgan fingerprint density at radius 2 is 0.594 bits per heavy atom. The van der Waals surface area contributed by atoms with Crippen LogP contribution in [0.5, 0.6) is 0 Å². The van der Waals surface area contributed by atoms with Crippen molar-refractivity contribution in [3.63, 3.8) is 0 Å². The van der Waals surface area contributed by atoms with Crippen LogP contribution in [0.3, 0.4) is 0 Å². The Hall–Kier alpha value is -1.59. The summed E-state index contributed by atoms with van der Waals surface area (Å²) in [6, 6.07) is 0. The quantitative estimate of drug-likeness (QED) is 0.0344. The second-order valence-corrected chi connectivity index (χ2v) is 20.6. The maximum atomic E-state index is 12.8. The average Bonchev–Trinajstić information content (AvgIpc) is 3.28. The molecule has 0 aromatic heterocycles. The summed E-state index contributed by atoms with van der Waals surface area (Å²) in [4.78, 5) is 38.1. The van der Waals surface area contributed by atoms with Crippen molar-refractivity contribution in [2.45, 2.75) is 330 Å². The second-order valence-electron chi connectivity index (χ2n) is 20.6. The number of hydrogen-bond donors (Lipinski definition) is 0. The molecule has 64 heavy (non-hydrogen) atoms. The molecule has 0 aliphatic rings. The zero-order valence-electron chi connectivity index (χ0n) is 43.9.